The number of nitrogens with zero attached hydrogens (tertiary/aromatic N) is 2. The molecule has 8 heteroatoms. The normalized spacial score (nSPS) is 15.6. The van der Waals surface area contributed by atoms with Gasteiger partial charge < -0.3 is 25.4 Å². The highest BCUT2D eigenvalue weighted by atomic mass is 127. The van der Waals surface area contributed by atoms with E-state index in [-0.39, 0.29) is 41.5 Å². The van der Waals surface area contributed by atoms with Gasteiger partial charge in [0.1, 0.15) is 5.75 Å². The molecular formula is C20H33IN4O3. The number of aliphatic imine (C=N–C) groups is 1. The van der Waals surface area contributed by atoms with Crippen molar-refractivity contribution in [3.8, 4) is 5.75 Å². The molecule has 2 rings (SSSR count). The average Bonchev–Trinajstić information content (AvgIpc) is 2.67. The van der Waals surface area contributed by atoms with Crippen molar-refractivity contribution in [2.45, 2.75) is 45.1 Å². The van der Waals surface area contributed by atoms with Gasteiger partial charge in [0.05, 0.1) is 20.3 Å². The third kappa shape index (κ3) is 7.03. The van der Waals surface area contributed by atoms with Crippen LogP contribution in [0.15, 0.2) is 29.3 Å². The van der Waals surface area contributed by atoms with E-state index in [2.05, 4.69) is 30.2 Å². The summed E-state index contributed by atoms with van der Waals surface area (Å²) in [5.74, 6) is 1.28. The molecular weight excluding hydrogens is 471 g/mol. The van der Waals surface area contributed by atoms with Crippen molar-refractivity contribution in [3.63, 3.8) is 0 Å². The topological polar surface area (TPSA) is 89.2 Å². The zero-order chi connectivity index (χ0) is 19.9. The zero-order valence-corrected chi connectivity index (χ0v) is 19.6. The number of likely N-dealkylation sites (tertiary alicyclic amines) is 1. The highest BCUT2D eigenvalue weighted by Crippen LogP contribution is 2.26. The second kappa shape index (κ2) is 11.3. The molecule has 0 spiro atoms. The minimum absolute atomic E-state index is 0. The summed E-state index contributed by atoms with van der Waals surface area (Å²) in [4.78, 5) is 18.0. The second-order valence-electron chi connectivity index (χ2n) is 7.42. The van der Waals surface area contributed by atoms with Gasteiger partial charge in [-0.3, -0.25) is 4.99 Å². The number of carbonyl (C=O) groups is 1. The number of nitrogens with one attached hydrogen (secondary N) is 1. The third-order valence-corrected chi connectivity index (χ3v) is 4.87. The van der Waals surface area contributed by atoms with Crippen LogP contribution in [0.1, 0.15) is 39.2 Å². The summed E-state index contributed by atoms with van der Waals surface area (Å²) >= 11 is 0. The van der Waals surface area contributed by atoms with Crippen LogP contribution in [0.25, 0.3) is 0 Å². The highest BCUT2D eigenvalue weighted by Gasteiger charge is 2.24. The number of rotatable bonds is 6. The molecule has 3 N–H and O–H groups in total. The minimum atomic E-state index is -0.238. The zero-order valence-electron chi connectivity index (χ0n) is 17.2. The van der Waals surface area contributed by atoms with E-state index in [1.165, 1.54) is 0 Å². The van der Waals surface area contributed by atoms with Crippen molar-refractivity contribution in [1.82, 2.24) is 10.2 Å². The number of methoxy groups -OCH3 is 1. The van der Waals surface area contributed by atoms with Crippen molar-refractivity contribution in [1.29, 1.82) is 0 Å². The van der Waals surface area contributed by atoms with E-state index >= 15 is 0 Å². The van der Waals surface area contributed by atoms with Gasteiger partial charge in [0.15, 0.2) is 5.96 Å². The Morgan fingerprint density at radius 3 is 2.64 bits per heavy atom. The first-order chi connectivity index (χ1) is 12.9. The fraction of sp³-hybridized carbons (Fsp3) is 0.600. The molecule has 1 aromatic carbocycles. The fourth-order valence-electron chi connectivity index (χ4n) is 3.09. The quantitative estimate of drug-likeness (QED) is 0.353. The standard InChI is InChI=1S/C20H32N4O3.HI/c1-5-27-19(25)24-11-9-16(10-12-24)23-18(21)22-14-20(2,3)15-7-6-8-17(13-15)26-4;/h6-8,13,16H,5,9-12,14H2,1-4H3,(H3,21,22,23);1H. The van der Waals surface area contributed by atoms with E-state index in [9.17, 15) is 4.79 Å². The van der Waals surface area contributed by atoms with Crippen LogP contribution in [0.3, 0.4) is 0 Å². The lowest BCUT2D eigenvalue weighted by Gasteiger charge is -2.32. The van der Waals surface area contributed by atoms with Crippen LogP contribution in [0.2, 0.25) is 0 Å². The summed E-state index contributed by atoms with van der Waals surface area (Å²) in [5, 5.41) is 3.28. The second-order valence-corrected chi connectivity index (χ2v) is 7.42. The molecule has 1 fully saturated rings. The van der Waals surface area contributed by atoms with Crippen LogP contribution in [0.5, 0.6) is 5.75 Å². The SMILES string of the molecule is CCOC(=O)N1CCC(NC(N)=NCC(C)(C)c2cccc(OC)c2)CC1.I. The molecule has 1 aliphatic rings. The Balaban J connectivity index is 0.00000392. The number of ether oxygens (including phenoxy) is 2. The molecule has 0 saturated carbocycles. The Morgan fingerprint density at radius 1 is 1.36 bits per heavy atom. The van der Waals surface area contributed by atoms with Gasteiger partial charge in [0.25, 0.3) is 0 Å². The molecule has 28 heavy (non-hydrogen) atoms. The predicted molar refractivity (Wildman–Crippen MR) is 123 cm³/mol. The van der Waals surface area contributed by atoms with Crippen LogP contribution in [-0.2, 0) is 10.2 Å². The summed E-state index contributed by atoms with van der Waals surface area (Å²) < 4.78 is 10.3. The Hall–Kier alpha value is -1.71. The van der Waals surface area contributed by atoms with Crippen LogP contribution < -0.4 is 15.8 Å². The Labute approximate surface area is 185 Å². The highest BCUT2D eigenvalue weighted by molar-refractivity contribution is 14.0. The van der Waals surface area contributed by atoms with E-state index in [0.29, 0.717) is 32.2 Å². The number of guanidine groups is 1. The maximum absolute atomic E-state index is 11.7. The Kier molecular flexibility index (Phi) is 9.84. The van der Waals surface area contributed by atoms with Gasteiger partial charge in [-0.25, -0.2) is 4.79 Å². The van der Waals surface area contributed by atoms with E-state index in [0.717, 1.165) is 24.2 Å². The van der Waals surface area contributed by atoms with Gasteiger partial charge >= 0.3 is 6.09 Å². The maximum Gasteiger partial charge on any atom is 0.409 e. The van der Waals surface area contributed by atoms with Crippen LogP contribution in [0.4, 0.5) is 4.79 Å². The van der Waals surface area contributed by atoms with Crippen molar-refractivity contribution in [2.24, 2.45) is 10.7 Å². The molecule has 1 amide bonds. The summed E-state index contributed by atoms with van der Waals surface area (Å²) in [6, 6.07) is 8.25. The molecule has 0 aromatic heterocycles. The van der Waals surface area contributed by atoms with Crippen molar-refractivity contribution >= 4 is 36.0 Å². The minimum Gasteiger partial charge on any atom is -0.497 e. The van der Waals surface area contributed by atoms with Crippen LogP contribution in [-0.4, -0.2) is 56.3 Å². The van der Waals surface area contributed by atoms with E-state index in [1.807, 2.05) is 25.1 Å². The first-order valence-electron chi connectivity index (χ1n) is 9.48. The van der Waals surface area contributed by atoms with Gasteiger partial charge in [-0.15, -0.1) is 24.0 Å². The molecule has 0 atom stereocenters. The van der Waals surface area contributed by atoms with E-state index < -0.39 is 0 Å². The lowest BCUT2D eigenvalue weighted by atomic mass is 9.85. The lowest BCUT2D eigenvalue weighted by Crippen LogP contribution is -2.48. The Bertz CT molecular complexity index is 659. The first-order valence-corrected chi connectivity index (χ1v) is 9.48. The number of carbonyl (C=O) groups excluding carboxylic acids is 1. The molecule has 1 saturated heterocycles. The third-order valence-electron chi connectivity index (χ3n) is 4.87. The van der Waals surface area contributed by atoms with Gasteiger partial charge in [-0.2, -0.15) is 0 Å². The average molecular weight is 504 g/mol. The monoisotopic (exact) mass is 504 g/mol. The number of hydrogen-bond acceptors (Lipinski definition) is 4. The molecule has 1 aromatic rings. The molecule has 0 bridgehead atoms. The molecule has 0 radical (unpaired) electrons. The van der Waals surface area contributed by atoms with Gasteiger partial charge in [-0.05, 0) is 37.5 Å². The predicted octanol–water partition coefficient (Wildman–Crippen LogP) is 3.12. The summed E-state index contributed by atoms with van der Waals surface area (Å²) in [5.41, 5.74) is 7.09. The lowest BCUT2D eigenvalue weighted by molar-refractivity contribution is 0.0963. The smallest absolute Gasteiger partial charge is 0.409 e. The Morgan fingerprint density at radius 2 is 2.04 bits per heavy atom. The summed E-state index contributed by atoms with van der Waals surface area (Å²) in [6.45, 7) is 8.39. The number of halogens is 1. The maximum atomic E-state index is 11.7. The van der Waals surface area contributed by atoms with Crippen molar-refractivity contribution < 1.29 is 14.3 Å². The number of amides is 1. The summed E-state index contributed by atoms with van der Waals surface area (Å²) in [7, 11) is 1.67. The largest absolute Gasteiger partial charge is 0.497 e. The van der Waals surface area contributed by atoms with E-state index in [4.69, 9.17) is 15.2 Å². The number of nitrogens with two attached hydrogens (primary N) is 1. The number of benzene rings is 1. The first kappa shape index (κ1) is 24.3. The van der Waals surface area contributed by atoms with Gasteiger partial charge in [0.2, 0.25) is 0 Å². The molecule has 7 nitrogen and oxygen atoms in total. The molecule has 158 valence electrons. The van der Waals surface area contributed by atoms with Crippen molar-refractivity contribution in [3.05, 3.63) is 29.8 Å². The van der Waals surface area contributed by atoms with Crippen LogP contribution >= 0.6 is 24.0 Å². The number of hydrogen-bond donors (Lipinski definition) is 2. The van der Waals surface area contributed by atoms with E-state index in [1.54, 1.807) is 12.0 Å². The number of piperidine rings is 1. The molecule has 0 aliphatic carbocycles. The molecule has 1 heterocycles. The van der Waals surface area contributed by atoms with Crippen molar-refractivity contribution in [2.75, 3.05) is 33.4 Å². The molecule has 0 unspecified atom stereocenters. The van der Waals surface area contributed by atoms with Crippen LogP contribution in [0, 0.1) is 0 Å². The van der Waals surface area contributed by atoms with Gasteiger partial charge in [0, 0.05) is 24.5 Å². The molecule has 1 aliphatic heterocycles. The fourth-order valence-corrected chi connectivity index (χ4v) is 3.09. The van der Waals surface area contributed by atoms with Gasteiger partial charge in [-0.1, -0.05) is 26.0 Å². The summed E-state index contributed by atoms with van der Waals surface area (Å²) in [6.07, 6.45) is 1.42.